The van der Waals surface area contributed by atoms with Crippen molar-refractivity contribution >= 4 is 5.91 Å². The predicted molar refractivity (Wildman–Crippen MR) is 65.2 cm³/mol. The molecule has 2 N–H and O–H groups in total. The molecule has 0 saturated heterocycles. The first kappa shape index (κ1) is 19.1. The van der Waals surface area contributed by atoms with Crippen molar-refractivity contribution in [2.45, 2.75) is 67.2 Å². The van der Waals surface area contributed by atoms with E-state index in [-0.39, 0.29) is 11.8 Å². The van der Waals surface area contributed by atoms with Gasteiger partial charge >= 0.3 is 0 Å². The van der Waals surface area contributed by atoms with Crippen molar-refractivity contribution in [1.29, 1.82) is 0 Å². The van der Waals surface area contributed by atoms with Crippen LogP contribution in [0.25, 0.3) is 0 Å². The minimum atomic E-state index is -0.188. The van der Waals surface area contributed by atoms with E-state index in [0.29, 0.717) is 0 Å². The smallest absolute Gasteiger partial charge is 0.220 e. The zero-order valence-electron chi connectivity index (χ0n) is 10.9. The van der Waals surface area contributed by atoms with E-state index in [2.05, 4.69) is 27.7 Å². The summed E-state index contributed by atoms with van der Waals surface area (Å²) in [5.41, 5.74) is 4.98. The maximum atomic E-state index is 10.3. The fourth-order valence-electron chi connectivity index (χ4n) is 0.575. The maximum absolute atomic E-state index is 10.3. The molecule has 0 bridgehead atoms. The lowest BCUT2D eigenvalue weighted by molar-refractivity contribution is -0.121. The monoisotopic (exact) mass is 203 g/mol. The van der Waals surface area contributed by atoms with Gasteiger partial charge in [-0.2, -0.15) is 0 Å². The van der Waals surface area contributed by atoms with Crippen molar-refractivity contribution in [3.8, 4) is 0 Å². The normalized spacial score (nSPS) is 10.1. The lowest BCUT2D eigenvalue weighted by Gasteiger charge is -2.01. The van der Waals surface area contributed by atoms with Crippen LogP contribution in [0.4, 0.5) is 0 Å². The summed E-state index contributed by atoms with van der Waals surface area (Å²) in [6.07, 6.45) is 4.44. The van der Waals surface area contributed by atoms with E-state index < -0.39 is 0 Å². The Hall–Kier alpha value is -0.530. The minimum absolute atomic E-state index is 0.0556. The Morgan fingerprint density at radius 1 is 1.07 bits per heavy atom. The van der Waals surface area contributed by atoms with Crippen LogP contribution in [0.2, 0.25) is 0 Å². The second-order valence-electron chi connectivity index (χ2n) is 3.51. The molecule has 2 heteroatoms. The molecule has 1 amide bonds. The van der Waals surface area contributed by atoms with Gasteiger partial charge in [0.25, 0.3) is 0 Å². The van der Waals surface area contributed by atoms with E-state index >= 15 is 0 Å². The highest BCUT2D eigenvalue weighted by Crippen LogP contribution is 2.01. The van der Waals surface area contributed by atoms with Crippen LogP contribution < -0.4 is 5.73 Å². The second-order valence-corrected chi connectivity index (χ2v) is 3.51. The number of hydrogen-bond donors (Lipinski definition) is 1. The third-order valence-electron chi connectivity index (χ3n) is 1.21. The summed E-state index contributed by atoms with van der Waals surface area (Å²) in [7, 11) is 0. The van der Waals surface area contributed by atoms with Crippen LogP contribution in [0.5, 0.6) is 0 Å². The summed E-state index contributed by atoms with van der Waals surface area (Å²) < 4.78 is 0. The van der Waals surface area contributed by atoms with Gasteiger partial charge in [-0.05, 0) is 6.42 Å². The van der Waals surface area contributed by atoms with Crippen molar-refractivity contribution < 1.29 is 4.79 Å². The van der Waals surface area contributed by atoms with Crippen molar-refractivity contribution in [2.75, 3.05) is 0 Å². The molecule has 2 nitrogen and oxygen atoms in total. The number of carbonyl (C=O) groups is 1. The summed E-state index contributed by atoms with van der Waals surface area (Å²) in [5.74, 6) is -0.133. The SMILES string of the molecule is CCC.CCC.CCCC(C)C(N)=O. The van der Waals surface area contributed by atoms with Gasteiger partial charge in [-0.15, -0.1) is 0 Å². The van der Waals surface area contributed by atoms with E-state index in [1.54, 1.807) is 0 Å². The number of rotatable bonds is 3. The Labute approximate surface area is 90.3 Å². The molecule has 1 atom stereocenters. The van der Waals surface area contributed by atoms with E-state index in [4.69, 9.17) is 5.73 Å². The molecule has 0 saturated carbocycles. The summed E-state index contributed by atoms with van der Waals surface area (Å²) in [5, 5.41) is 0. The second kappa shape index (κ2) is 18.3. The van der Waals surface area contributed by atoms with Crippen molar-refractivity contribution in [3.05, 3.63) is 0 Å². The lowest BCUT2D eigenvalue weighted by atomic mass is 10.1. The van der Waals surface area contributed by atoms with E-state index in [1.165, 1.54) is 12.8 Å². The first-order valence-corrected chi connectivity index (χ1v) is 5.80. The van der Waals surface area contributed by atoms with Crippen LogP contribution in [0, 0.1) is 5.92 Å². The summed E-state index contributed by atoms with van der Waals surface area (Å²) in [6.45, 7) is 12.4. The van der Waals surface area contributed by atoms with Crippen molar-refractivity contribution in [1.82, 2.24) is 0 Å². The van der Waals surface area contributed by atoms with Crippen LogP contribution in [-0.2, 0) is 4.79 Å². The Balaban J connectivity index is -0.000000168. The average Bonchev–Trinajstić information content (AvgIpc) is 2.07. The van der Waals surface area contributed by atoms with Crippen molar-refractivity contribution in [3.63, 3.8) is 0 Å². The first-order valence-electron chi connectivity index (χ1n) is 5.80. The van der Waals surface area contributed by atoms with E-state index in [1.807, 2.05) is 13.8 Å². The standard InChI is InChI=1S/C6H13NO.2C3H8/c1-3-4-5(2)6(7)8;2*1-3-2/h5H,3-4H2,1-2H3,(H2,7,8);2*3H2,1-2H3. The summed E-state index contributed by atoms with van der Waals surface area (Å²) in [4.78, 5) is 10.3. The van der Waals surface area contributed by atoms with Crippen LogP contribution in [0.3, 0.4) is 0 Å². The number of primary amides is 1. The van der Waals surface area contributed by atoms with E-state index in [0.717, 1.165) is 12.8 Å². The molecule has 0 aliphatic heterocycles. The Morgan fingerprint density at radius 3 is 1.43 bits per heavy atom. The quantitative estimate of drug-likeness (QED) is 0.746. The molecule has 0 heterocycles. The van der Waals surface area contributed by atoms with Gasteiger partial charge in [0.05, 0.1) is 0 Å². The molecule has 0 radical (unpaired) electrons. The molecule has 0 spiro atoms. The molecule has 0 aromatic carbocycles. The fraction of sp³-hybridized carbons (Fsp3) is 0.917. The zero-order valence-corrected chi connectivity index (χ0v) is 10.9. The minimum Gasteiger partial charge on any atom is -0.369 e. The average molecular weight is 203 g/mol. The molecule has 1 unspecified atom stereocenters. The Kier molecular flexibility index (Phi) is 25.0. The third kappa shape index (κ3) is 30.0. The molecule has 0 aliphatic rings. The summed E-state index contributed by atoms with van der Waals surface area (Å²) in [6, 6.07) is 0. The Morgan fingerprint density at radius 2 is 1.36 bits per heavy atom. The van der Waals surface area contributed by atoms with Gasteiger partial charge in [0.1, 0.15) is 0 Å². The van der Waals surface area contributed by atoms with Crippen LogP contribution in [0.1, 0.15) is 67.2 Å². The molecule has 0 aromatic heterocycles. The van der Waals surface area contributed by atoms with Crippen LogP contribution >= 0.6 is 0 Å². The van der Waals surface area contributed by atoms with Gasteiger partial charge in [0.15, 0.2) is 0 Å². The highest BCUT2D eigenvalue weighted by Gasteiger charge is 2.04. The molecular weight excluding hydrogens is 174 g/mol. The van der Waals surface area contributed by atoms with E-state index in [9.17, 15) is 4.79 Å². The van der Waals surface area contributed by atoms with Gasteiger partial charge in [0, 0.05) is 5.92 Å². The maximum Gasteiger partial charge on any atom is 0.220 e. The van der Waals surface area contributed by atoms with Crippen molar-refractivity contribution in [2.24, 2.45) is 11.7 Å². The van der Waals surface area contributed by atoms with Gasteiger partial charge < -0.3 is 5.73 Å². The largest absolute Gasteiger partial charge is 0.369 e. The molecule has 0 fully saturated rings. The van der Waals surface area contributed by atoms with Crippen LogP contribution in [0.15, 0.2) is 0 Å². The fourth-order valence-corrected chi connectivity index (χ4v) is 0.575. The summed E-state index contributed by atoms with van der Waals surface area (Å²) >= 11 is 0. The highest BCUT2D eigenvalue weighted by atomic mass is 16.1. The van der Waals surface area contributed by atoms with Gasteiger partial charge in [0.2, 0.25) is 5.91 Å². The van der Waals surface area contributed by atoms with Crippen LogP contribution in [-0.4, -0.2) is 5.91 Å². The lowest BCUT2D eigenvalue weighted by Crippen LogP contribution is -2.19. The first-order chi connectivity index (χ1) is 6.51. The Bertz CT molecular complexity index is 100. The molecule has 0 aliphatic carbocycles. The predicted octanol–water partition coefficient (Wildman–Crippen LogP) is 3.74. The topological polar surface area (TPSA) is 43.1 Å². The van der Waals surface area contributed by atoms with Gasteiger partial charge in [-0.25, -0.2) is 0 Å². The van der Waals surface area contributed by atoms with Gasteiger partial charge in [-0.1, -0.05) is 60.8 Å². The number of hydrogen-bond acceptors (Lipinski definition) is 1. The molecular formula is C12H29NO. The number of carbonyl (C=O) groups excluding carboxylic acids is 1. The zero-order chi connectivity index (χ0) is 12.0. The molecule has 14 heavy (non-hydrogen) atoms. The third-order valence-corrected chi connectivity index (χ3v) is 1.21. The molecule has 0 rings (SSSR count). The highest BCUT2D eigenvalue weighted by molar-refractivity contribution is 5.76. The van der Waals surface area contributed by atoms with Gasteiger partial charge in [-0.3, -0.25) is 4.79 Å². The number of nitrogens with two attached hydrogens (primary N) is 1. The number of amides is 1. The molecule has 88 valence electrons. The molecule has 0 aromatic rings.